The largest absolute Gasteiger partial charge is 0.306 e. The zero-order chi connectivity index (χ0) is 17.1. The van der Waals surface area contributed by atoms with E-state index in [0.717, 1.165) is 25.7 Å². The van der Waals surface area contributed by atoms with E-state index in [4.69, 9.17) is 0 Å². The molecule has 6 rings (SSSR count). The molecule has 2 aromatic carbocycles. The number of aromatic nitrogens is 4. The van der Waals surface area contributed by atoms with Crippen LogP contribution in [0.4, 0.5) is 0 Å². The Bertz CT molecular complexity index is 979. The summed E-state index contributed by atoms with van der Waals surface area (Å²) in [5.74, 6) is 0. The van der Waals surface area contributed by atoms with Crippen molar-refractivity contribution < 1.29 is 0 Å². The van der Waals surface area contributed by atoms with Crippen LogP contribution in [0.2, 0.25) is 0 Å². The lowest BCUT2D eigenvalue weighted by atomic mass is 9.75. The highest BCUT2D eigenvalue weighted by molar-refractivity contribution is 5.82. The van der Waals surface area contributed by atoms with Gasteiger partial charge in [-0.15, -0.1) is 0 Å². The number of hydrogen-bond acceptors (Lipinski definition) is 2. The second kappa shape index (κ2) is 5.18. The number of hydrogen-bond donors (Lipinski definition) is 0. The highest BCUT2D eigenvalue weighted by atomic mass is 15.0. The van der Waals surface area contributed by atoms with Crippen molar-refractivity contribution in [1.29, 1.82) is 0 Å². The third kappa shape index (κ3) is 1.96. The van der Waals surface area contributed by atoms with Gasteiger partial charge in [0.15, 0.2) is 0 Å². The van der Waals surface area contributed by atoms with Crippen LogP contribution in [0, 0.1) is 0 Å². The van der Waals surface area contributed by atoms with Gasteiger partial charge in [-0.25, -0.2) is 9.97 Å². The first-order valence-corrected chi connectivity index (χ1v) is 9.15. The molecule has 2 aliphatic rings. The summed E-state index contributed by atoms with van der Waals surface area (Å²) in [6.45, 7) is 0. The van der Waals surface area contributed by atoms with Gasteiger partial charge in [0.25, 0.3) is 0 Å². The fourth-order valence-electron chi connectivity index (χ4n) is 4.59. The molecule has 0 fully saturated rings. The van der Waals surface area contributed by atoms with Crippen molar-refractivity contribution in [2.24, 2.45) is 0 Å². The molecule has 0 atom stereocenters. The van der Waals surface area contributed by atoms with Crippen LogP contribution in [-0.4, -0.2) is 19.1 Å². The van der Waals surface area contributed by atoms with Crippen LogP contribution in [0.3, 0.4) is 0 Å². The Morgan fingerprint density at radius 3 is 1.27 bits per heavy atom. The number of rotatable bonds is 2. The summed E-state index contributed by atoms with van der Waals surface area (Å²) < 4.78 is 4.23. The zero-order valence-corrected chi connectivity index (χ0v) is 14.4. The van der Waals surface area contributed by atoms with Gasteiger partial charge in [-0.2, -0.15) is 0 Å². The van der Waals surface area contributed by atoms with Gasteiger partial charge in [-0.3, -0.25) is 0 Å². The van der Waals surface area contributed by atoms with Gasteiger partial charge in [0.1, 0.15) is 0 Å². The summed E-state index contributed by atoms with van der Waals surface area (Å²) >= 11 is 0. The standard InChI is InChI=1S/C22H18N4/c1-2-16-10-20(26-8-6-24-14-26)12-18-4-3-17-11-19(25-7-5-23-13-25)9-15(1)21(17)22(16)18/h5-14H,1-4H2. The molecule has 0 unspecified atom stereocenters. The van der Waals surface area contributed by atoms with E-state index < -0.39 is 0 Å². The van der Waals surface area contributed by atoms with Crippen molar-refractivity contribution in [1.82, 2.24) is 19.1 Å². The van der Waals surface area contributed by atoms with Crippen molar-refractivity contribution in [3.63, 3.8) is 0 Å². The van der Waals surface area contributed by atoms with E-state index in [2.05, 4.69) is 43.4 Å². The van der Waals surface area contributed by atoms with Crippen LogP contribution in [-0.2, 0) is 25.7 Å². The third-order valence-electron chi connectivity index (χ3n) is 5.76. The summed E-state index contributed by atoms with van der Waals surface area (Å²) in [5.41, 5.74) is 11.4. The summed E-state index contributed by atoms with van der Waals surface area (Å²) in [4.78, 5) is 8.41. The van der Waals surface area contributed by atoms with Gasteiger partial charge in [0, 0.05) is 36.2 Å². The minimum Gasteiger partial charge on any atom is -0.306 e. The fraction of sp³-hybridized carbons (Fsp3) is 0.182. The molecule has 4 heteroatoms. The van der Waals surface area contributed by atoms with Crippen LogP contribution in [0.25, 0.3) is 22.5 Å². The summed E-state index contributed by atoms with van der Waals surface area (Å²) in [6.07, 6.45) is 15.9. The molecular formula is C22H18N4. The van der Waals surface area contributed by atoms with Crippen LogP contribution in [0.5, 0.6) is 0 Å². The molecule has 0 aliphatic heterocycles. The number of benzene rings is 2. The van der Waals surface area contributed by atoms with Crippen molar-refractivity contribution in [3.8, 4) is 22.5 Å². The molecule has 0 saturated carbocycles. The third-order valence-corrected chi connectivity index (χ3v) is 5.76. The van der Waals surface area contributed by atoms with E-state index in [9.17, 15) is 0 Å². The van der Waals surface area contributed by atoms with E-state index >= 15 is 0 Å². The maximum atomic E-state index is 4.20. The van der Waals surface area contributed by atoms with E-state index in [1.165, 1.54) is 44.8 Å². The van der Waals surface area contributed by atoms with Gasteiger partial charge in [0.05, 0.1) is 12.7 Å². The molecule has 26 heavy (non-hydrogen) atoms. The predicted octanol–water partition coefficient (Wildman–Crippen LogP) is 3.92. The Morgan fingerprint density at radius 2 is 0.962 bits per heavy atom. The molecule has 2 aromatic heterocycles. The van der Waals surface area contributed by atoms with Crippen molar-refractivity contribution in [2.45, 2.75) is 25.7 Å². The lowest BCUT2D eigenvalue weighted by molar-refractivity contribution is 0.864. The number of aryl methyl sites for hydroxylation is 4. The molecule has 0 bridgehead atoms. The number of nitrogens with zero attached hydrogens (tertiary/aromatic N) is 4. The normalized spacial score (nSPS) is 14.3. The van der Waals surface area contributed by atoms with E-state index in [0.29, 0.717) is 0 Å². The Balaban J connectivity index is 1.56. The van der Waals surface area contributed by atoms with Crippen LogP contribution in [0.1, 0.15) is 22.3 Å². The average Bonchev–Trinajstić information content (AvgIpc) is 3.39. The van der Waals surface area contributed by atoms with Gasteiger partial charge < -0.3 is 9.13 Å². The molecule has 0 N–H and O–H groups in total. The Hall–Kier alpha value is -3.14. The lowest BCUT2D eigenvalue weighted by Crippen LogP contribution is -2.15. The second-order valence-corrected chi connectivity index (χ2v) is 7.22. The van der Waals surface area contributed by atoms with E-state index in [1.807, 2.05) is 37.4 Å². The highest BCUT2D eigenvalue weighted by Crippen LogP contribution is 2.44. The van der Waals surface area contributed by atoms with Crippen LogP contribution >= 0.6 is 0 Å². The first-order chi connectivity index (χ1) is 12.9. The topological polar surface area (TPSA) is 35.6 Å². The summed E-state index contributed by atoms with van der Waals surface area (Å²) in [6, 6.07) is 9.40. The van der Waals surface area contributed by atoms with Gasteiger partial charge in [-0.1, -0.05) is 0 Å². The van der Waals surface area contributed by atoms with Gasteiger partial charge in [0.2, 0.25) is 0 Å². The smallest absolute Gasteiger partial charge is 0.0991 e. The summed E-state index contributed by atoms with van der Waals surface area (Å²) in [5, 5.41) is 0. The highest BCUT2D eigenvalue weighted by Gasteiger charge is 2.27. The first kappa shape index (κ1) is 14.1. The maximum Gasteiger partial charge on any atom is 0.0991 e. The van der Waals surface area contributed by atoms with Gasteiger partial charge >= 0.3 is 0 Å². The van der Waals surface area contributed by atoms with Crippen LogP contribution in [0.15, 0.2) is 61.7 Å². The monoisotopic (exact) mass is 338 g/mol. The van der Waals surface area contributed by atoms with E-state index in [1.54, 1.807) is 0 Å². The maximum absolute atomic E-state index is 4.20. The van der Waals surface area contributed by atoms with Crippen molar-refractivity contribution in [3.05, 3.63) is 84.0 Å². The average molecular weight is 338 g/mol. The molecule has 2 heterocycles. The van der Waals surface area contributed by atoms with Crippen LogP contribution < -0.4 is 0 Å². The van der Waals surface area contributed by atoms with Crippen molar-refractivity contribution in [2.75, 3.05) is 0 Å². The SMILES string of the molecule is c1cn(-c2cc3c4c(c2)CCc2cc(-n5ccnc5)cc(c2-4)CC3)cn1. The lowest BCUT2D eigenvalue weighted by Gasteiger charge is -2.30. The minimum atomic E-state index is 1.10. The molecule has 4 nitrogen and oxygen atoms in total. The molecule has 0 amide bonds. The van der Waals surface area contributed by atoms with Crippen molar-refractivity contribution >= 4 is 0 Å². The molecule has 126 valence electrons. The van der Waals surface area contributed by atoms with Gasteiger partial charge in [-0.05, 0) is 83.3 Å². The number of imidazole rings is 2. The predicted molar refractivity (Wildman–Crippen MR) is 101 cm³/mol. The molecular weight excluding hydrogens is 320 g/mol. The zero-order valence-electron chi connectivity index (χ0n) is 14.4. The minimum absolute atomic E-state index is 1.10. The molecule has 0 radical (unpaired) electrons. The Kier molecular flexibility index (Phi) is 2.80. The second-order valence-electron chi connectivity index (χ2n) is 7.22. The quantitative estimate of drug-likeness (QED) is 0.555. The Morgan fingerprint density at radius 1 is 0.577 bits per heavy atom. The molecule has 2 aliphatic carbocycles. The molecule has 0 saturated heterocycles. The molecule has 0 spiro atoms. The summed E-state index contributed by atoms with van der Waals surface area (Å²) in [7, 11) is 0. The first-order valence-electron chi connectivity index (χ1n) is 9.15. The Labute approximate surface area is 151 Å². The fourth-order valence-corrected chi connectivity index (χ4v) is 4.59. The molecule has 4 aromatic rings. The van der Waals surface area contributed by atoms with E-state index in [-0.39, 0.29) is 0 Å².